The molecule has 2 N–H and O–H groups in total. The maximum atomic E-state index is 12.0. The molecular formula is C19H17N3O2S2. The van der Waals surface area contributed by atoms with E-state index >= 15 is 0 Å². The second kappa shape index (κ2) is 9.26. The van der Waals surface area contributed by atoms with Gasteiger partial charge in [-0.3, -0.25) is 9.59 Å². The van der Waals surface area contributed by atoms with E-state index in [1.54, 1.807) is 11.8 Å². The molecule has 0 aliphatic rings. The number of thioether (sulfide) groups is 2. The van der Waals surface area contributed by atoms with Gasteiger partial charge in [0, 0.05) is 22.4 Å². The molecule has 0 atom stereocenters. The monoisotopic (exact) mass is 383 g/mol. The third kappa shape index (κ3) is 5.79. The first-order chi connectivity index (χ1) is 12.7. The number of aromatic amines is 1. The van der Waals surface area contributed by atoms with E-state index in [9.17, 15) is 9.59 Å². The standard InChI is InChI=1S/C19H17N3O2S2/c23-17-11-15(12-25-16-9-5-2-6-10-16)21-19(22-17)26-13-18(24)20-14-7-3-1-4-8-14/h1-11H,12-13H2,(H,20,24)(H,21,22,23). The van der Waals surface area contributed by atoms with Gasteiger partial charge in [0.2, 0.25) is 5.91 Å². The van der Waals surface area contributed by atoms with Crippen molar-refractivity contribution >= 4 is 35.1 Å². The number of hydrogen-bond acceptors (Lipinski definition) is 5. The van der Waals surface area contributed by atoms with Crippen molar-refractivity contribution in [3.63, 3.8) is 0 Å². The Bertz CT molecular complexity index is 915. The minimum atomic E-state index is -0.213. The number of hydrogen-bond donors (Lipinski definition) is 2. The lowest BCUT2D eigenvalue weighted by Gasteiger charge is -2.06. The molecule has 0 spiro atoms. The molecule has 5 nitrogen and oxygen atoms in total. The van der Waals surface area contributed by atoms with Crippen molar-refractivity contribution in [2.75, 3.05) is 11.1 Å². The Morgan fingerprint density at radius 2 is 1.69 bits per heavy atom. The fourth-order valence-corrected chi connectivity index (χ4v) is 3.66. The summed E-state index contributed by atoms with van der Waals surface area (Å²) in [5, 5.41) is 3.25. The fourth-order valence-electron chi connectivity index (χ4n) is 2.15. The third-order valence-electron chi connectivity index (χ3n) is 3.30. The van der Waals surface area contributed by atoms with Crippen LogP contribution in [0.25, 0.3) is 0 Å². The summed E-state index contributed by atoms with van der Waals surface area (Å²) in [5.74, 6) is 0.623. The minimum Gasteiger partial charge on any atom is -0.325 e. The number of benzene rings is 2. The van der Waals surface area contributed by atoms with Gasteiger partial charge in [-0.05, 0) is 24.3 Å². The highest BCUT2D eigenvalue weighted by atomic mass is 32.2. The van der Waals surface area contributed by atoms with E-state index in [2.05, 4.69) is 15.3 Å². The number of amides is 1. The van der Waals surface area contributed by atoms with Gasteiger partial charge >= 0.3 is 0 Å². The lowest BCUT2D eigenvalue weighted by Crippen LogP contribution is -2.15. The topological polar surface area (TPSA) is 74.8 Å². The van der Waals surface area contributed by atoms with E-state index in [1.165, 1.54) is 17.8 Å². The van der Waals surface area contributed by atoms with E-state index < -0.39 is 0 Å². The first kappa shape index (κ1) is 18.3. The van der Waals surface area contributed by atoms with Crippen molar-refractivity contribution in [1.82, 2.24) is 9.97 Å². The molecule has 1 amide bonds. The van der Waals surface area contributed by atoms with Crippen LogP contribution in [-0.2, 0) is 10.5 Å². The highest BCUT2D eigenvalue weighted by molar-refractivity contribution is 7.99. The van der Waals surface area contributed by atoms with Crippen LogP contribution in [0.3, 0.4) is 0 Å². The highest BCUT2D eigenvalue weighted by Crippen LogP contribution is 2.21. The zero-order valence-corrected chi connectivity index (χ0v) is 15.5. The molecule has 0 aliphatic heterocycles. The Labute approximate surface area is 159 Å². The quantitative estimate of drug-likeness (QED) is 0.480. The molecule has 3 rings (SSSR count). The number of carbonyl (C=O) groups is 1. The number of anilines is 1. The largest absolute Gasteiger partial charge is 0.325 e. The Kier molecular flexibility index (Phi) is 6.51. The van der Waals surface area contributed by atoms with E-state index in [1.807, 2.05) is 60.7 Å². The van der Waals surface area contributed by atoms with Crippen LogP contribution in [-0.4, -0.2) is 21.6 Å². The van der Waals surface area contributed by atoms with Crippen molar-refractivity contribution < 1.29 is 4.79 Å². The van der Waals surface area contributed by atoms with E-state index in [-0.39, 0.29) is 17.2 Å². The number of rotatable bonds is 7. The van der Waals surface area contributed by atoms with Gasteiger partial charge in [0.25, 0.3) is 5.56 Å². The Balaban J connectivity index is 1.57. The lowest BCUT2D eigenvalue weighted by molar-refractivity contribution is -0.113. The van der Waals surface area contributed by atoms with Crippen molar-refractivity contribution in [1.29, 1.82) is 0 Å². The van der Waals surface area contributed by atoms with Crippen LogP contribution in [0.4, 0.5) is 5.69 Å². The summed E-state index contributed by atoms with van der Waals surface area (Å²) in [5.41, 5.74) is 1.22. The predicted octanol–water partition coefficient (Wildman–Crippen LogP) is 3.79. The number of para-hydroxylation sites is 1. The summed E-state index contributed by atoms with van der Waals surface area (Å²) >= 11 is 2.82. The summed E-state index contributed by atoms with van der Waals surface area (Å²) in [6.45, 7) is 0. The van der Waals surface area contributed by atoms with Crippen LogP contribution >= 0.6 is 23.5 Å². The molecule has 0 saturated carbocycles. The molecule has 0 saturated heterocycles. The molecule has 0 radical (unpaired) electrons. The molecule has 0 aliphatic carbocycles. The number of carbonyl (C=O) groups excluding carboxylic acids is 1. The van der Waals surface area contributed by atoms with Gasteiger partial charge in [-0.2, -0.15) is 0 Å². The molecule has 132 valence electrons. The molecule has 7 heteroatoms. The van der Waals surface area contributed by atoms with E-state index in [0.717, 1.165) is 10.6 Å². The minimum absolute atomic E-state index is 0.145. The van der Waals surface area contributed by atoms with Crippen LogP contribution in [0.5, 0.6) is 0 Å². The zero-order valence-electron chi connectivity index (χ0n) is 13.8. The van der Waals surface area contributed by atoms with Gasteiger partial charge in [-0.1, -0.05) is 48.2 Å². The number of aromatic nitrogens is 2. The molecule has 0 unspecified atom stereocenters. The average Bonchev–Trinajstić information content (AvgIpc) is 2.66. The van der Waals surface area contributed by atoms with Crippen molar-refractivity contribution in [2.45, 2.75) is 15.8 Å². The van der Waals surface area contributed by atoms with Crippen LogP contribution < -0.4 is 10.9 Å². The predicted molar refractivity (Wildman–Crippen MR) is 107 cm³/mol. The Hall–Kier alpha value is -2.51. The van der Waals surface area contributed by atoms with Crippen LogP contribution in [0.2, 0.25) is 0 Å². The van der Waals surface area contributed by atoms with Crippen molar-refractivity contribution in [2.24, 2.45) is 0 Å². The van der Waals surface area contributed by atoms with Gasteiger partial charge in [0.15, 0.2) is 5.16 Å². The SMILES string of the molecule is O=C(CSc1nc(CSc2ccccc2)cc(=O)[nH]1)Nc1ccccc1. The molecule has 26 heavy (non-hydrogen) atoms. The molecule has 2 aromatic carbocycles. The second-order valence-electron chi connectivity index (χ2n) is 5.35. The summed E-state index contributed by atoms with van der Waals surface area (Å²) in [6, 6.07) is 20.7. The number of nitrogens with one attached hydrogen (secondary N) is 2. The zero-order chi connectivity index (χ0) is 18.2. The first-order valence-corrected chi connectivity index (χ1v) is 9.92. The lowest BCUT2D eigenvalue weighted by atomic mass is 10.3. The molecule has 0 bridgehead atoms. The summed E-state index contributed by atoms with van der Waals surface area (Å²) in [7, 11) is 0. The Morgan fingerprint density at radius 3 is 2.42 bits per heavy atom. The molecule has 3 aromatic rings. The smallest absolute Gasteiger partial charge is 0.251 e. The second-order valence-corrected chi connectivity index (χ2v) is 7.36. The first-order valence-electron chi connectivity index (χ1n) is 7.95. The maximum absolute atomic E-state index is 12.0. The number of H-pyrrole nitrogens is 1. The molecular weight excluding hydrogens is 366 g/mol. The van der Waals surface area contributed by atoms with Gasteiger partial charge in [0.05, 0.1) is 11.4 Å². The van der Waals surface area contributed by atoms with E-state index in [4.69, 9.17) is 0 Å². The van der Waals surface area contributed by atoms with Gasteiger partial charge in [0.1, 0.15) is 0 Å². The van der Waals surface area contributed by atoms with Crippen molar-refractivity contribution in [3.05, 3.63) is 82.8 Å². The normalized spacial score (nSPS) is 10.5. The third-order valence-corrected chi connectivity index (χ3v) is 5.22. The average molecular weight is 383 g/mol. The highest BCUT2D eigenvalue weighted by Gasteiger charge is 2.07. The van der Waals surface area contributed by atoms with Gasteiger partial charge in [-0.25, -0.2) is 4.98 Å². The van der Waals surface area contributed by atoms with Crippen LogP contribution in [0, 0.1) is 0 Å². The summed E-state index contributed by atoms with van der Waals surface area (Å²) < 4.78 is 0. The van der Waals surface area contributed by atoms with Gasteiger partial charge < -0.3 is 10.3 Å². The van der Waals surface area contributed by atoms with Gasteiger partial charge in [-0.15, -0.1) is 11.8 Å². The molecule has 0 fully saturated rings. The van der Waals surface area contributed by atoms with Crippen molar-refractivity contribution in [3.8, 4) is 0 Å². The summed E-state index contributed by atoms with van der Waals surface area (Å²) in [6.07, 6.45) is 0. The number of nitrogens with zero attached hydrogens (tertiary/aromatic N) is 1. The summed E-state index contributed by atoms with van der Waals surface area (Å²) in [4.78, 5) is 32.1. The Morgan fingerprint density at radius 1 is 1.00 bits per heavy atom. The van der Waals surface area contributed by atoms with Crippen LogP contribution in [0.1, 0.15) is 5.69 Å². The van der Waals surface area contributed by atoms with Crippen LogP contribution in [0.15, 0.2) is 81.6 Å². The van der Waals surface area contributed by atoms with E-state index in [0.29, 0.717) is 16.6 Å². The molecule has 1 aromatic heterocycles. The molecule has 1 heterocycles. The maximum Gasteiger partial charge on any atom is 0.251 e. The fraction of sp³-hybridized carbons (Fsp3) is 0.105.